The minimum atomic E-state index is -0.184. The predicted octanol–water partition coefficient (Wildman–Crippen LogP) is 3.09. The number of nitrogens with one attached hydrogen (secondary N) is 2. The number of amides is 2. The normalized spacial score (nSPS) is 10.0. The van der Waals surface area contributed by atoms with Crippen LogP contribution in [0.2, 0.25) is 5.02 Å². The van der Waals surface area contributed by atoms with Crippen molar-refractivity contribution in [2.75, 3.05) is 31.3 Å². The van der Waals surface area contributed by atoms with Gasteiger partial charge in [-0.15, -0.1) is 0 Å². The summed E-state index contributed by atoms with van der Waals surface area (Å²) >= 11 is 5.88. The molecule has 0 bridgehead atoms. The largest absolute Gasteiger partial charge is 0.376 e. The number of nitrogens with zero attached hydrogens (tertiary/aromatic N) is 1. The van der Waals surface area contributed by atoms with Crippen LogP contribution in [0.25, 0.3) is 0 Å². The zero-order chi connectivity index (χ0) is 16.8. The van der Waals surface area contributed by atoms with Crippen LogP contribution in [0.4, 0.5) is 11.4 Å². The van der Waals surface area contributed by atoms with Crippen LogP contribution in [0.3, 0.4) is 0 Å². The van der Waals surface area contributed by atoms with E-state index in [1.54, 1.807) is 50.5 Å². The minimum Gasteiger partial charge on any atom is -0.376 e. The minimum absolute atomic E-state index is 0.0782. The molecule has 6 heteroatoms. The summed E-state index contributed by atoms with van der Waals surface area (Å²) in [6.45, 7) is 0.124. The lowest BCUT2D eigenvalue weighted by Gasteiger charge is -2.11. The molecule has 2 aromatic rings. The van der Waals surface area contributed by atoms with Gasteiger partial charge in [0.2, 0.25) is 5.91 Å². The number of anilines is 2. The summed E-state index contributed by atoms with van der Waals surface area (Å²) in [4.78, 5) is 25.2. The van der Waals surface area contributed by atoms with Gasteiger partial charge >= 0.3 is 0 Å². The summed E-state index contributed by atoms with van der Waals surface area (Å²) in [5, 5.41) is 6.36. The van der Waals surface area contributed by atoms with E-state index < -0.39 is 0 Å². The molecule has 0 atom stereocenters. The highest BCUT2D eigenvalue weighted by atomic mass is 35.5. The Morgan fingerprint density at radius 2 is 1.74 bits per heavy atom. The quantitative estimate of drug-likeness (QED) is 0.885. The van der Waals surface area contributed by atoms with Crippen molar-refractivity contribution >= 4 is 34.8 Å². The van der Waals surface area contributed by atoms with Gasteiger partial charge in [0.25, 0.3) is 5.91 Å². The van der Waals surface area contributed by atoms with Gasteiger partial charge < -0.3 is 15.5 Å². The topological polar surface area (TPSA) is 61.4 Å². The van der Waals surface area contributed by atoms with Crippen LogP contribution in [-0.2, 0) is 4.79 Å². The average Bonchev–Trinajstić information content (AvgIpc) is 2.53. The predicted molar refractivity (Wildman–Crippen MR) is 93.0 cm³/mol. The van der Waals surface area contributed by atoms with E-state index in [0.717, 1.165) is 5.69 Å². The molecule has 0 saturated heterocycles. The second kappa shape index (κ2) is 7.65. The van der Waals surface area contributed by atoms with Gasteiger partial charge in [0.05, 0.1) is 6.54 Å². The smallest absolute Gasteiger partial charge is 0.253 e. The van der Waals surface area contributed by atoms with Gasteiger partial charge in [-0.05, 0) is 42.5 Å². The molecule has 2 N–H and O–H groups in total. The molecule has 0 aliphatic rings. The summed E-state index contributed by atoms with van der Waals surface area (Å²) in [6.07, 6.45) is 0. The summed E-state index contributed by atoms with van der Waals surface area (Å²) in [5.74, 6) is -0.262. The molecule has 2 rings (SSSR count). The molecule has 0 aliphatic heterocycles. The van der Waals surface area contributed by atoms with Gasteiger partial charge in [0.15, 0.2) is 0 Å². The molecule has 0 fully saturated rings. The lowest BCUT2D eigenvalue weighted by Crippen LogP contribution is -2.22. The van der Waals surface area contributed by atoms with E-state index in [-0.39, 0.29) is 18.4 Å². The van der Waals surface area contributed by atoms with E-state index in [1.807, 2.05) is 12.1 Å². The van der Waals surface area contributed by atoms with Crippen LogP contribution in [0, 0.1) is 0 Å². The van der Waals surface area contributed by atoms with E-state index in [1.165, 1.54) is 4.90 Å². The molecule has 0 spiro atoms. The number of rotatable bonds is 5. The molecule has 120 valence electrons. The summed E-state index contributed by atoms with van der Waals surface area (Å²) in [6, 6.07) is 13.9. The van der Waals surface area contributed by atoms with Crippen LogP contribution in [0.15, 0.2) is 48.5 Å². The van der Waals surface area contributed by atoms with Crippen molar-refractivity contribution in [3.63, 3.8) is 0 Å². The van der Waals surface area contributed by atoms with Crippen molar-refractivity contribution < 1.29 is 9.59 Å². The van der Waals surface area contributed by atoms with Crippen LogP contribution < -0.4 is 10.6 Å². The molecule has 23 heavy (non-hydrogen) atoms. The van der Waals surface area contributed by atoms with Gasteiger partial charge in [0.1, 0.15) is 0 Å². The number of hydrogen-bond acceptors (Lipinski definition) is 3. The Labute approximate surface area is 140 Å². The first-order valence-electron chi connectivity index (χ1n) is 7.07. The molecular weight excluding hydrogens is 314 g/mol. The fourth-order valence-electron chi connectivity index (χ4n) is 1.94. The molecular formula is C17H18ClN3O2. The Bertz CT molecular complexity index is 699. The van der Waals surface area contributed by atoms with Gasteiger partial charge in [0, 0.05) is 36.1 Å². The number of carbonyl (C=O) groups excluding carboxylic acids is 2. The maximum atomic E-state index is 11.9. The third kappa shape index (κ3) is 5.00. The van der Waals surface area contributed by atoms with Gasteiger partial charge in [-0.25, -0.2) is 0 Å². The van der Waals surface area contributed by atoms with Crippen LogP contribution >= 0.6 is 11.6 Å². The lowest BCUT2D eigenvalue weighted by atomic mass is 10.2. The van der Waals surface area contributed by atoms with Crippen molar-refractivity contribution in [1.29, 1.82) is 0 Å². The van der Waals surface area contributed by atoms with Crippen LogP contribution in [0.1, 0.15) is 10.4 Å². The molecule has 0 radical (unpaired) electrons. The summed E-state index contributed by atoms with van der Waals surface area (Å²) in [5.41, 5.74) is 1.99. The maximum Gasteiger partial charge on any atom is 0.253 e. The SMILES string of the molecule is CN(C)C(=O)c1ccc(NC(=O)CNc2cccc(Cl)c2)cc1. The molecule has 0 heterocycles. The number of halogens is 1. The van der Waals surface area contributed by atoms with Crippen LogP contribution in [-0.4, -0.2) is 37.4 Å². The summed E-state index contributed by atoms with van der Waals surface area (Å²) < 4.78 is 0. The molecule has 5 nitrogen and oxygen atoms in total. The summed E-state index contributed by atoms with van der Waals surface area (Å²) in [7, 11) is 3.39. The van der Waals surface area contributed by atoms with Crippen molar-refractivity contribution in [2.24, 2.45) is 0 Å². The average molecular weight is 332 g/mol. The Morgan fingerprint density at radius 1 is 1.04 bits per heavy atom. The Balaban J connectivity index is 1.89. The Hall–Kier alpha value is -2.53. The second-order valence-electron chi connectivity index (χ2n) is 5.19. The highest BCUT2D eigenvalue weighted by Gasteiger charge is 2.08. The van der Waals surface area contributed by atoms with E-state index in [2.05, 4.69) is 10.6 Å². The zero-order valence-corrected chi connectivity index (χ0v) is 13.7. The molecule has 0 unspecified atom stereocenters. The highest BCUT2D eigenvalue weighted by molar-refractivity contribution is 6.30. The molecule has 0 saturated carbocycles. The maximum absolute atomic E-state index is 11.9. The van der Waals surface area contributed by atoms with Crippen LogP contribution in [0.5, 0.6) is 0 Å². The first-order chi connectivity index (χ1) is 11.0. The Morgan fingerprint density at radius 3 is 2.35 bits per heavy atom. The fourth-order valence-corrected chi connectivity index (χ4v) is 2.13. The number of benzene rings is 2. The first-order valence-corrected chi connectivity index (χ1v) is 7.44. The van der Waals surface area contributed by atoms with E-state index in [0.29, 0.717) is 16.3 Å². The lowest BCUT2D eigenvalue weighted by molar-refractivity contribution is -0.114. The molecule has 0 aromatic heterocycles. The van der Waals surface area contributed by atoms with E-state index >= 15 is 0 Å². The fraction of sp³-hybridized carbons (Fsp3) is 0.176. The standard InChI is InChI=1S/C17H18ClN3O2/c1-21(2)17(23)12-6-8-14(9-7-12)20-16(22)11-19-15-5-3-4-13(18)10-15/h3-10,19H,11H2,1-2H3,(H,20,22). The number of hydrogen-bond donors (Lipinski definition) is 2. The van der Waals surface area contributed by atoms with Crippen molar-refractivity contribution in [3.05, 3.63) is 59.1 Å². The van der Waals surface area contributed by atoms with Gasteiger partial charge in [-0.3, -0.25) is 9.59 Å². The third-order valence-electron chi connectivity index (χ3n) is 3.10. The first kappa shape index (κ1) is 16.8. The van der Waals surface area contributed by atoms with Gasteiger partial charge in [-0.2, -0.15) is 0 Å². The molecule has 0 aliphatic carbocycles. The third-order valence-corrected chi connectivity index (χ3v) is 3.33. The molecule has 2 amide bonds. The van der Waals surface area contributed by atoms with E-state index in [9.17, 15) is 9.59 Å². The highest BCUT2D eigenvalue weighted by Crippen LogP contribution is 2.15. The Kier molecular flexibility index (Phi) is 5.60. The number of carbonyl (C=O) groups is 2. The second-order valence-corrected chi connectivity index (χ2v) is 5.63. The van der Waals surface area contributed by atoms with Crippen molar-refractivity contribution in [3.8, 4) is 0 Å². The van der Waals surface area contributed by atoms with Gasteiger partial charge in [-0.1, -0.05) is 17.7 Å². The molecule has 2 aromatic carbocycles. The van der Waals surface area contributed by atoms with E-state index in [4.69, 9.17) is 11.6 Å². The van der Waals surface area contributed by atoms with Crippen molar-refractivity contribution in [1.82, 2.24) is 4.90 Å². The zero-order valence-electron chi connectivity index (χ0n) is 13.0. The monoisotopic (exact) mass is 331 g/mol. The van der Waals surface area contributed by atoms with Crippen molar-refractivity contribution in [2.45, 2.75) is 0 Å².